The maximum atomic E-state index is 10.4. The van der Waals surface area contributed by atoms with Crippen LogP contribution in [0.25, 0.3) is 0 Å². The SMILES string of the molecule is CCCCCCc1ccc(CCCCCCCC(=O)O)o1.CCCCCCc1ccc(CCCCCCCC(=O)O)o1. The Morgan fingerprint density at radius 2 is 0.714 bits per heavy atom. The fourth-order valence-electron chi connectivity index (χ4n) is 5.05. The number of carboxylic acid groups (broad SMARTS) is 2. The second kappa shape index (κ2) is 26.2. The van der Waals surface area contributed by atoms with Crippen molar-refractivity contribution in [3.63, 3.8) is 0 Å². The number of carboxylic acids is 2. The summed E-state index contributed by atoms with van der Waals surface area (Å²) >= 11 is 0. The Hall–Kier alpha value is -2.50. The van der Waals surface area contributed by atoms with Gasteiger partial charge in [-0.25, -0.2) is 0 Å². The van der Waals surface area contributed by atoms with E-state index < -0.39 is 11.9 Å². The van der Waals surface area contributed by atoms with Crippen LogP contribution in [0, 0.1) is 0 Å². The van der Waals surface area contributed by atoms with Crippen molar-refractivity contribution in [1.29, 1.82) is 0 Å². The van der Waals surface area contributed by atoms with Gasteiger partial charge in [-0.2, -0.15) is 0 Å². The highest BCUT2D eigenvalue weighted by molar-refractivity contribution is 5.66. The van der Waals surface area contributed by atoms with Gasteiger partial charge in [-0.05, 0) is 62.8 Å². The molecule has 0 atom stereocenters. The Morgan fingerprint density at radius 1 is 0.452 bits per heavy atom. The molecule has 0 aliphatic carbocycles. The summed E-state index contributed by atoms with van der Waals surface area (Å²) < 4.78 is 11.7. The number of carbonyl (C=O) groups is 2. The van der Waals surface area contributed by atoms with Crippen molar-refractivity contribution < 1.29 is 28.6 Å². The molecule has 0 radical (unpaired) electrons. The first-order valence-corrected chi connectivity index (χ1v) is 17.0. The molecule has 42 heavy (non-hydrogen) atoms. The highest BCUT2D eigenvalue weighted by Gasteiger charge is 2.04. The Labute approximate surface area is 255 Å². The molecule has 0 bridgehead atoms. The fourth-order valence-corrected chi connectivity index (χ4v) is 5.05. The molecule has 6 heteroatoms. The zero-order valence-electron chi connectivity index (χ0n) is 26.8. The Morgan fingerprint density at radius 3 is 1.00 bits per heavy atom. The molecule has 0 aliphatic heterocycles. The molecular weight excluding hydrogens is 528 g/mol. The third kappa shape index (κ3) is 22.1. The van der Waals surface area contributed by atoms with Gasteiger partial charge < -0.3 is 19.0 Å². The van der Waals surface area contributed by atoms with Gasteiger partial charge in [0, 0.05) is 38.5 Å². The number of furan rings is 2. The molecule has 2 N–H and O–H groups in total. The van der Waals surface area contributed by atoms with E-state index in [0.717, 1.165) is 113 Å². The average Bonchev–Trinajstić information content (AvgIpc) is 3.62. The average molecular weight is 589 g/mol. The van der Waals surface area contributed by atoms with Crippen molar-refractivity contribution in [3.05, 3.63) is 47.3 Å². The van der Waals surface area contributed by atoms with E-state index in [-0.39, 0.29) is 0 Å². The highest BCUT2D eigenvalue weighted by Crippen LogP contribution is 2.17. The van der Waals surface area contributed by atoms with Crippen molar-refractivity contribution in [2.24, 2.45) is 0 Å². The lowest BCUT2D eigenvalue weighted by Crippen LogP contribution is -1.93. The minimum Gasteiger partial charge on any atom is -0.481 e. The van der Waals surface area contributed by atoms with Crippen LogP contribution in [0.4, 0.5) is 0 Å². The molecule has 0 aliphatic rings. The molecule has 0 amide bonds. The molecule has 0 saturated carbocycles. The molecular formula is C36H60O6. The van der Waals surface area contributed by atoms with Crippen LogP contribution in [0.5, 0.6) is 0 Å². The van der Waals surface area contributed by atoms with Crippen LogP contribution in [0.3, 0.4) is 0 Å². The van der Waals surface area contributed by atoms with Crippen LogP contribution in [0.1, 0.15) is 165 Å². The first-order chi connectivity index (χ1) is 20.4. The van der Waals surface area contributed by atoms with Crippen LogP contribution >= 0.6 is 0 Å². The lowest BCUT2D eigenvalue weighted by Gasteiger charge is -2.00. The Balaban J connectivity index is 0.000000420. The summed E-state index contributed by atoms with van der Waals surface area (Å²) in [7, 11) is 0. The number of hydrogen-bond acceptors (Lipinski definition) is 4. The van der Waals surface area contributed by atoms with Crippen molar-refractivity contribution in [2.45, 2.75) is 168 Å². The van der Waals surface area contributed by atoms with E-state index in [2.05, 4.69) is 38.1 Å². The summed E-state index contributed by atoms with van der Waals surface area (Å²) in [5, 5.41) is 17.1. The third-order valence-electron chi connectivity index (χ3n) is 7.62. The summed E-state index contributed by atoms with van der Waals surface area (Å²) in [6.07, 6.45) is 25.5. The highest BCUT2D eigenvalue weighted by atomic mass is 16.4. The normalized spacial score (nSPS) is 10.9. The predicted octanol–water partition coefficient (Wildman–Crippen LogP) is 10.7. The van der Waals surface area contributed by atoms with Crippen LogP contribution in [-0.2, 0) is 35.3 Å². The molecule has 2 aromatic rings. The minimum absolute atomic E-state index is 0.305. The minimum atomic E-state index is -0.683. The van der Waals surface area contributed by atoms with Gasteiger partial charge in [-0.1, -0.05) is 90.9 Å². The number of aliphatic carboxylic acids is 2. The summed E-state index contributed by atoms with van der Waals surface area (Å²) in [6, 6.07) is 8.46. The van der Waals surface area contributed by atoms with Crippen LogP contribution in [-0.4, -0.2) is 22.2 Å². The number of hydrogen-bond donors (Lipinski definition) is 2. The molecule has 0 spiro atoms. The zero-order chi connectivity index (χ0) is 30.7. The lowest BCUT2D eigenvalue weighted by atomic mass is 10.1. The molecule has 2 heterocycles. The van der Waals surface area contributed by atoms with Crippen molar-refractivity contribution in [1.82, 2.24) is 0 Å². The molecule has 2 aromatic heterocycles. The summed E-state index contributed by atoms with van der Waals surface area (Å²) in [5.41, 5.74) is 0. The predicted molar refractivity (Wildman–Crippen MR) is 171 cm³/mol. The summed E-state index contributed by atoms with van der Waals surface area (Å²) in [6.45, 7) is 4.46. The molecule has 2 rings (SSSR count). The van der Waals surface area contributed by atoms with E-state index in [4.69, 9.17) is 19.0 Å². The zero-order valence-corrected chi connectivity index (χ0v) is 26.8. The van der Waals surface area contributed by atoms with Crippen molar-refractivity contribution >= 4 is 11.9 Å². The third-order valence-corrected chi connectivity index (χ3v) is 7.62. The van der Waals surface area contributed by atoms with Gasteiger partial charge in [0.1, 0.15) is 23.0 Å². The number of rotatable bonds is 26. The van der Waals surface area contributed by atoms with Gasteiger partial charge in [-0.15, -0.1) is 0 Å². The van der Waals surface area contributed by atoms with E-state index in [1.54, 1.807) is 0 Å². The molecule has 6 nitrogen and oxygen atoms in total. The number of unbranched alkanes of at least 4 members (excludes halogenated alkanes) is 14. The van der Waals surface area contributed by atoms with Crippen LogP contribution < -0.4 is 0 Å². The second-order valence-corrected chi connectivity index (χ2v) is 11.7. The van der Waals surface area contributed by atoms with Crippen LogP contribution in [0.15, 0.2) is 33.1 Å². The van der Waals surface area contributed by atoms with Crippen LogP contribution in [0.2, 0.25) is 0 Å². The second-order valence-electron chi connectivity index (χ2n) is 11.7. The summed E-state index contributed by atoms with van der Waals surface area (Å²) in [5.74, 6) is 3.09. The lowest BCUT2D eigenvalue weighted by molar-refractivity contribution is -0.138. The topological polar surface area (TPSA) is 101 Å². The van der Waals surface area contributed by atoms with E-state index >= 15 is 0 Å². The van der Waals surface area contributed by atoms with E-state index in [1.165, 1.54) is 51.4 Å². The summed E-state index contributed by atoms with van der Waals surface area (Å²) in [4.78, 5) is 20.7. The van der Waals surface area contributed by atoms with E-state index in [0.29, 0.717) is 12.8 Å². The van der Waals surface area contributed by atoms with E-state index in [9.17, 15) is 9.59 Å². The van der Waals surface area contributed by atoms with Gasteiger partial charge in [0.25, 0.3) is 0 Å². The first-order valence-electron chi connectivity index (χ1n) is 17.0. The van der Waals surface area contributed by atoms with Crippen molar-refractivity contribution in [3.8, 4) is 0 Å². The quantitative estimate of drug-likeness (QED) is 0.106. The Bertz CT molecular complexity index is 837. The molecule has 240 valence electrons. The van der Waals surface area contributed by atoms with E-state index in [1.807, 2.05) is 0 Å². The molecule has 0 aromatic carbocycles. The monoisotopic (exact) mass is 588 g/mol. The number of aryl methyl sites for hydroxylation is 4. The fraction of sp³-hybridized carbons (Fsp3) is 0.722. The first kappa shape index (κ1) is 37.5. The van der Waals surface area contributed by atoms with Crippen molar-refractivity contribution in [2.75, 3.05) is 0 Å². The maximum Gasteiger partial charge on any atom is 0.303 e. The largest absolute Gasteiger partial charge is 0.481 e. The maximum absolute atomic E-state index is 10.4. The molecule has 0 saturated heterocycles. The van der Waals surface area contributed by atoms with Gasteiger partial charge in [0.2, 0.25) is 0 Å². The Kier molecular flexibility index (Phi) is 23.4. The van der Waals surface area contributed by atoms with Gasteiger partial charge >= 0.3 is 11.9 Å². The standard InChI is InChI=1S/2C18H30O3/c2*1-2-3-4-8-11-16-14-15-17(21-16)12-9-6-5-7-10-13-18(19)20/h2*14-15H,2-13H2,1H3,(H,19,20). The van der Waals surface area contributed by atoms with Gasteiger partial charge in [-0.3, -0.25) is 9.59 Å². The molecule has 0 fully saturated rings. The smallest absolute Gasteiger partial charge is 0.303 e. The van der Waals surface area contributed by atoms with Gasteiger partial charge in [0.15, 0.2) is 0 Å². The molecule has 0 unspecified atom stereocenters. The van der Waals surface area contributed by atoms with Gasteiger partial charge in [0.05, 0.1) is 0 Å².